The number of aromatic nitrogens is 2. The fraction of sp³-hybridized carbons (Fsp3) is 0.750. The average Bonchev–Trinajstić information content (AvgIpc) is 2.76. The summed E-state index contributed by atoms with van der Waals surface area (Å²) in [4.78, 5) is 16.4. The molecule has 18 heavy (non-hydrogen) atoms. The van der Waals surface area contributed by atoms with E-state index >= 15 is 0 Å². The van der Waals surface area contributed by atoms with Gasteiger partial charge in [0, 0.05) is 6.54 Å². The molecular formula is C12H20N4O2. The summed E-state index contributed by atoms with van der Waals surface area (Å²) in [6, 6.07) is 0.193. The van der Waals surface area contributed by atoms with Crippen molar-refractivity contribution in [1.29, 1.82) is 0 Å². The summed E-state index contributed by atoms with van der Waals surface area (Å²) in [7, 11) is 0. The van der Waals surface area contributed by atoms with Gasteiger partial charge in [-0.15, -0.1) is 0 Å². The number of hydrogen-bond acceptors (Lipinski definition) is 5. The van der Waals surface area contributed by atoms with Crippen LogP contribution in [0.25, 0.3) is 0 Å². The van der Waals surface area contributed by atoms with E-state index in [2.05, 4.69) is 27.7 Å². The average molecular weight is 252 g/mol. The molecule has 0 aliphatic carbocycles. The Bertz CT molecular complexity index is 404. The van der Waals surface area contributed by atoms with E-state index in [1.165, 1.54) is 0 Å². The number of aryl methyl sites for hydroxylation is 1. The van der Waals surface area contributed by atoms with Crippen LogP contribution < -0.4 is 10.6 Å². The van der Waals surface area contributed by atoms with Gasteiger partial charge in [0.05, 0.1) is 5.41 Å². The van der Waals surface area contributed by atoms with Crippen molar-refractivity contribution in [2.75, 3.05) is 18.4 Å². The number of piperidine rings is 1. The van der Waals surface area contributed by atoms with E-state index in [9.17, 15) is 4.79 Å². The van der Waals surface area contributed by atoms with Crippen LogP contribution in [0.4, 0.5) is 6.01 Å². The molecule has 0 aromatic carbocycles. The lowest BCUT2D eigenvalue weighted by atomic mass is 9.76. The van der Waals surface area contributed by atoms with Gasteiger partial charge in [0.2, 0.25) is 5.91 Å². The molecule has 6 heteroatoms. The van der Waals surface area contributed by atoms with Crippen molar-refractivity contribution in [3.05, 3.63) is 5.82 Å². The van der Waals surface area contributed by atoms with Crippen LogP contribution in [0.15, 0.2) is 4.52 Å². The number of hydrogen-bond donors (Lipinski definition) is 2. The van der Waals surface area contributed by atoms with Gasteiger partial charge in [0.1, 0.15) is 0 Å². The zero-order valence-corrected chi connectivity index (χ0v) is 11.0. The van der Waals surface area contributed by atoms with E-state index in [4.69, 9.17) is 4.52 Å². The van der Waals surface area contributed by atoms with E-state index in [-0.39, 0.29) is 17.3 Å². The van der Waals surface area contributed by atoms with Crippen LogP contribution >= 0.6 is 0 Å². The SMILES string of the molecule is CCCC1(C(=O)Nc2nc(C)no2)CCCNC1. The molecule has 1 atom stereocenters. The Morgan fingerprint density at radius 1 is 1.61 bits per heavy atom. The minimum atomic E-state index is -0.338. The molecule has 1 aliphatic rings. The van der Waals surface area contributed by atoms with Gasteiger partial charge in [-0.3, -0.25) is 10.1 Å². The summed E-state index contributed by atoms with van der Waals surface area (Å²) < 4.78 is 4.94. The van der Waals surface area contributed by atoms with Gasteiger partial charge in [0.25, 0.3) is 0 Å². The third kappa shape index (κ3) is 2.69. The Morgan fingerprint density at radius 3 is 3.00 bits per heavy atom. The van der Waals surface area contributed by atoms with Crippen molar-refractivity contribution in [1.82, 2.24) is 15.5 Å². The molecule has 0 saturated carbocycles. The Kier molecular flexibility index (Phi) is 3.96. The normalized spacial score (nSPS) is 23.9. The Morgan fingerprint density at radius 2 is 2.44 bits per heavy atom. The van der Waals surface area contributed by atoms with Gasteiger partial charge in [-0.25, -0.2) is 0 Å². The highest BCUT2D eigenvalue weighted by Crippen LogP contribution is 2.32. The van der Waals surface area contributed by atoms with Crippen LogP contribution in [0.1, 0.15) is 38.4 Å². The third-order valence-electron chi connectivity index (χ3n) is 3.43. The Labute approximate surface area is 107 Å². The number of carbonyl (C=O) groups excluding carboxylic acids is 1. The largest absolute Gasteiger partial charge is 0.328 e. The second-order valence-electron chi connectivity index (χ2n) is 4.91. The van der Waals surface area contributed by atoms with E-state index in [0.29, 0.717) is 5.82 Å². The lowest BCUT2D eigenvalue weighted by Gasteiger charge is -2.35. The molecule has 2 N–H and O–H groups in total. The van der Waals surface area contributed by atoms with Crippen LogP contribution in [0, 0.1) is 12.3 Å². The molecule has 1 aromatic rings. The monoisotopic (exact) mass is 252 g/mol. The van der Waals surface area contributed by atoms with Crippen molar-refractivity contribution in [2.45, 2.75) is 39.5 Å². The van der Waals surface area contributed by atoms with Crippen molar-refractivity contribution >= 4 is 11.9 Å². The number of nitrogens with one attached hydrogen (secondary N) is 2. The standard InChI is InChI=1S/C12H20N4O2/c1-3-5-12(6-4-7-13-8-12)10(17)15-11-14-9(2)16-18-11/h13H,3-8H2,1-2H3,(H,14,15,16,17). The first-order valence-corrected chi connectivity index (χ1v) is 6.49. The highest BCUT2D eigenvalue weighted by molar-refractivity contribution is 5.93. The molecular weight excluding hydrogens is 232 g/mol. The Hall–Kier alpha value is -1.43. The zero-order chi connectivity index (χ0) is 13.0. The molecule has 0 bridgehead atoms. The second kappa shape index (κ2) is 5.48. The van der Waals surface area contributed by atoms with Crippen LogP contribution in [-0.4, -0.2) is 29.1 Å². The first-order valence-electron chi connectivity index (χ1n) is 6.49. The fourth-order valence-corrected chi connectivity index (χ4v) is 2.54. The highest BCUT2D eigenvalue weighted by Gasteiger charge is 2.39. The molecule has 0 spiro atoms. The fourth-order valence-electron chi connectivity index (χ4n) is 2.54. The van der Waals surface area contributed by atoms with Crippen molar-refractivity contribution in [3.8, 4) is 0 Å². The van der Waals surface area contributed by atoms with Crippen LogP contribution in [0.2, 0.25) is 0 Å². The predicted molar refractivity (Wildman–Crippen MR) is 67.1 cm³/mol. The predicted octanol–water partition coefficient (Wildman–Crippen LogP) is 1.49. The first-order chi connectivity index (χ1) is 8.66. The van der Waals surface area contributed by atoms with Gasteiger partial charge in [-0.2, -0.15) is 4.98 Å². The number of anilines is 1. The van der Waals surface area contributed by atoms with Gasteiger partial charge in [-0.1, -0.05) is 18.5 Å². The molecule has 2 rings (SSSR count). The number of rotatable bonds is 4. The number of carbonyl (C=O) groups is 1. The maximum Gasteiger partial charge on any atom is 0.328 e. The molecule has 100 valence electrons. The van der Waals surface area contributed by atoms with Crippen LogP contribution in [0.5, 0.6) is 0 Å². The highest BCUT2D eigenvalue weighted by atomic mass is 16.5. The molecule has 1 amide bonds. The minimum absolute atomic E-state index is 0.0137. The minimum Gasteiger partial charge on any atom is -0.316 e. The summed E-state index contributed by atoms with van der Waals surface area (Å²) >= 11 is 0. The van der Waals surface area contributed by atoms with Crippen molar-refractivity contribution in [2.24, 2.45) is 5.41 Å². The van der Waals surface area contributed by atoms with Gasteiger partial charge in [0.15, 0.2) is 5.82 Å². The van der Waals surface area contributed by atoms with Crippen molar-refractivity contribution < 1.29 is 9.32 Å². The van der Waals surface area contributed by atoms with Crippen LogP contribution in [-0.2, 0) is 4.79 Å². The van der Waals surface area contributed by atoms with Gasteiger partial charge < -0.3 is 9.84 Å². The van der Waals surface area contributed by atoms with E-state index in [1.807, 2.05) is 0 Å². The quantitative estimate of drug-likeness (QED) is 0.848. The lowest BCUT2D eigenvalue weighted by Crippen LogP contribution is -2.48. The van der Waals surface area contributed by atoms with Gasteiger partial charge in [-0.05, 0) is 32.7 Å². The summed E-state index contributed by atoms with van der Waals surface area (Å²) in [6.45, 7) is 5.53. The van der Waals surface area contributed by atoms with Crippen molar-refractivity contribution in [3.63, 3.8) is 0 Å². The molecule has 1 fully saturated rings. The molecule has 1 saturated heterocycles. The van der Waals surface area contributed by atoms with E-state index in [0.717, 1.165) is 38.8 Å². The molecule has 2 heterocycles. The Balaban J connectivity index is 2.08. The summed E-state index contributed by atoms with van der Waals surface area (Å²) in [5, 5.41) is 9.71. The molecule has 1 aromatic heterocycles. The smallest absolute Gasteiger partial charge is 0.316 e. The number of nitrogens with zero attached hydrogens (tertiary/aromatic N) is 2. The maximum atomic E-state index is 12.4. The summed E-state index contributed by atoms with van der Waals surface area (Å²) in [5.41, 5.74) is -0.338. The molecule has 1 unspecified atom stereocenters. The van der Waals surface area contributed by atoms with Crippen LogP contribution in [0.3, 0.4) is 0 Å². The molecule has 0 radical (unpaired) electrons. The maximum absolute atomic E-state index is 12.4. The van der Waals surface area contributed by atoms with E-state index < -0.39 is 0 Å². The lowest BCUT2D eigenvalue weighted by molar-refractivity contribution is -0.127. The summed E-state index contributed by atoms with van der Waals surface area (Å²) in [5.74, 6) is 0.511. The van der Waals surface area contributed by atoms with Gasteiger partial charge >= 0.3 is 6.01 Å². The second-order valence-corrected chi connectivity index (χ2v) is 4.91. The third-order valence-corrected chi connectivity index (χ3v) is 3.43. The summed E-state index contributed by atoms with van der Waals surface area (Å²) in [6.07, 6.45) is 3.79. The molecule has 1 aliphatic heterocycles. The topological polar surface area (TPSA) is 80.1 Å². The first kappa shape index (κ1) is 13.0. The molecule has 6 nitrogen and oxygen atoms in total. The zero-order valence-electron chi connectivity index (χ0n) is 11.0. The number of amides is 1. The van der Waals surface area contributed by atoms with E-state index in [1.54, 1.807) is 6.92 Å².